The van der Waals surface area contributed by atoms with Gasteiger partial charge in [0.2, 0.25) is 0 Å². The highest BCUT2D eigenvalue weighted by Gasteiger charge is 2.04. The lowest BCUT2D eigenvalue weighted by atomic mass is 9.93. The van der Waals surface area contributed by atoms with E-state index < -0.39 is 0 Å². The van der Waals surface area contributed by atoms with Crippen LogP contribution in [0.5, 0.6) is 0 Å². The molecule has 0 fully saturated rings. The summed E-state index contributed by atoms with van der Waals surface area (Å²) in [6.45, 7) is 6.21. The van der Waals surface area contributed by atoms with Crippen molar-refractivity contribution in [3.05, 3.63) is 42.8 Å². The average molecular weight is 189 g/mol. The molecular formula is C14H21. The summed E-state index contributed by atoms with van der Waals surface area (Å²) in [4.78, 5) is 0. The van der Waals surface area contributed by atoms with Crippen LogP contribution >= 0.6 is 0 Å². The second-order valence-corrected chi connectivity index (χ2v) is 3.94. The monoisotopic (exact) mass is 189 g/mol. The number of hydrogen-bond acceptors (Lipinski definition) is 0. The maximum atomic E-state index is 3.93. The van der Waals surface area contributed by atoms with Crippen molar-refractivity contribution in [1.29, 1.82) is 0 Å². The number of hydrogen-bond donors (Lipinski definition) is 0. The van der Waals surface area contributed by atoms with Gasteiger partial charge in [-0.05, 0) is 24.3 Å². The number of aryl methyl sites for hydroxylation is 1. The zero-order valence-electron chi connectivity index (χ0n) is 9.21. The lowest BCUT2D eigenvalue weighted by Gasteiger charge is -2.13. The second kappa shape index (κ2) is 6.64. The van der Waals surface area contributed by atoms with E-state index in [0.29, 0.717) is 0 Å². The molecule has 1 radical (unpaired) electrons. The van der Waals surface area contributed by atoms with Crippen LogP contribution in [0.3, 0.4) is 0 Å². The molecule has 0 nitrogen and oxygen atoms in total. The highest BCUT2D eigenvalue weighted by molar-refractivity contribution is 5.14. The summed E-state index contributed by atoms with van der Waals surface area (Å²) in [5, 5.41) is 0. The molecule has 0 aromatic heterocycles. The van der Waals surface area contributed by atoms with Gasteiger partial charge >= 0.3 is 0 Å². The predicted molar refractivity (Wildman–Crippen MR) is 63.1 cm³/mol. The van der Waals surface area contributed by atoms with Crippen LogP contribution in [-0.4, -0.2) is 0 Å². The molecule has 1 aromatic carbocycles. The minimum Gasteiger partial charge on any atom is -0.0651 e. The molecule has 0 aliphatic heterocycles. The first-order chi connectivity index (χ1) is 6.86. The van der Waals surface area contributed by atoms with Crippen LogP contribution in [0.15, 0.2) is 30.3 Å². The van der Waals surface area contributed by atoms with Crippen LogP contribution in [0.4, 0.5) is 0 Å². The smallest absolute Gasteiger partial charge is 0.0276 e. The summed E-state index contributed by atoms with van der Waals surface area (Å²) in [5.41, 5.74) is 1.47. The minimum absolute atomic E-state index is 0.868. The van der Waals surface area contributed by atoms with Gasteiger partial charge in [-0.1, -0.05) is 63.4 Å². The van der Waals surface area contributed by atoms with Crippen LogP contribution in [0.25, 0.3) is 0 Å². The Balaban J connectivity index is 2.32. The molecule has 0 heteroatoms. The van der Waals surface area contributed by atoms with Crippen molar-refractivity contribution < 1.29 is 0 Å². The normalized spacial score (nSPS) is 12.7. The van der Waals surface area contributed by atoms with Crippen LogP contribution in [-0.2, 0) is 6.42 Å². The van der Waals surface area contributed by atoms with Gasteiger partial charge in [0.1, 0.15) is 0 Å². The summed E-state index contributed by atoms with van der Waals surface area (Å²) in [5.74, 6) is 0.868. The van der Waals surface area contributed by atoms with Crippen molar-refractivity contribution >= 4 is 0 Å². The zero-order valence-corrected chi connectivity index (χ0v) is 9.21. The molecule has 0 aliphatic rings. The standard InChI is InChI=1S/C14H21/c1-3-8-13(4-2)11-12-14-9-6-5-7-10-14/h5-7,9-10,13H,1,3-4,8,11-12H2,2H3. The van der Waals surface area contributed by atoms with Crippen molar-refractivity contribution in [2.75, 3.05) is 0 Å². The van der Waals surface area contributed by atoms with Crippen molar-refractivity contribution in [3.8, 4) is 0 Å². The van der Waals surface area contributed by atoms with E-state index in [1.165, 1.54) is 31.2 Å². The van der Waals surface area contributed by atoms with E-state index >= 15 is 0 Å². The lowest BCUT2D eigenvalue weighted by Crippen LogP contribution is -2.00. The van der Waals surface area contributed by atoms with Gasteiger partial charge in [-0.25, -0.2) is 0 Å². The molecule has 0 saturated carbocycles. The Morgan fingerprint density at radius 3 is 2.43 bits per heavy atom. The Morgan fingerprint density at radius 2 is 1.86 bits per heavy atom. The lowest BCUT2D eigenvalue weighted by molar-refractivity contribution is 0.440. The molecular weight excluding hydrogens is 168 g/mol. The Bertz CT molecular complexity index is 225. The topological polar surface area (TPSA) is 0 Å². The van der Waals surface area contributed by atoms with Gasteiger partial charge in [-0.3, -0.25) is 0 Å². The van der Waals surface area contributed by atoms with E-state index in [1.807, 2.05) is 0 Å². The maximum Gasteiger partial charge on any atom is -0.0276 e. The van der Waals surface area contributed by atoms with Gasteiger partial charge in [0, 0.05) is 0 Å². The summed E-state index contributed by atoms with van der Waals surface area (Å²) >= 11 is 0. The first kappa shape index (κ1) is 11.3. The van der Waals surface area contributed by atoms with Gasteiger partial charge in [0.15, 0.2) is 0 Å². The molecule has 0 amide bonds. The van der Waals surface area contributed by atoms with Crippen molar-refractivity contribution in [1.82, 2.24) is 0 Å². The van der Waals surface area contributed by atoms with Crippen LogP contribution in [0, 0.1) is 12.8 Å². The molecule has 77 valence electrons. The molecule has 14 heavy (non-hydrogen) atoms. The summed E-state index contributed by atoms with van der Waals surface area (Å²) < 4.78 is 0. The minimum atomic E-state index is 0.868. The molecule has 0 aliphatic carbocycles. The first-order valence-corrected chi connectivity index (χ1v) is 5.70. The SMILES string of the molecule is [CH2]CCC(CC)CCc1ccccc1. The molecule has 1 atom stereocenters. The molecule has 1 unspecified atom stereocenters. The Kier molecular flexibility index (Phi) is 5.36. The van der Waals surface area contributed by atoms with Gasteiger partial charge < -0.3 is 0 Å². The Hall–Kier alpha value is -0.780. The highest BCUT2D eigenvalue weighted by Crippen LogP contribution is 2.17. The van der Waals surface area contributed by atoms with Gasteiger partial charge in [0.05, 0.1) is 0 Å². The van der Waals surface area contributed by atoms with Crippen LogP contribution in [0.1, 0.15) is 38.2 Å². The van der Waals surface area contributed by atoms with E-state index in [0.717, 1.165) is 12.3 Å². The average Bonchev–Trinajstić information content (AvgIpc) is 2.25. The van der Waals surface area contributed by atoms with Gasteiger partial charge in [-0.2, -0.15) is 0 Å². The van der Waals surface area contributed by atoms with E-state index in [2.05, 4.69) is 44.2 Å². The highest BCUT2D eigenvalue weighted by atomic mass is 14.1. The number of benzene rings is 1. The fraction of sp³-hybridized carbons (Fsp3) is 0.500. The van der Waals surface area contributed by atoms with E-state index in [9.17, 15) is 0 Å². The molecule has 0 saturated heterocycles. The third kappa shape index (κ3) is 3.95. The van der Waals surface area contributed by atoms with E-state index in [1.54, 1.807) is 0 Å². The third-order valence-electron chi connectivity index (χ3n) is 2.87. The van der Waals surface area contributed by atoms with Crippen LogP contribution < -0.4 is 0 Å². The maximum absolute atomic E-state index is 3.93. The fourth-order valence-electron chi connectivity index (χ4n) is 1.86. The van der Waals surface area contributed by atoms with Crippen molar-refractivity contribution in [2.45, 2.75) is 39.0 Å². The predicted octanol–water partition coefficient (Wildman–Crippen LogP) is 4.26. The van der Waals surface area contributed by atoms with Crippen LogP contribution in [0.2, 0.25) is 0 Å². The summed E-state index contributed by atoms with van der Waals surface area (Å²) in [6.07, 6.45) is 6.19. The number of rotatable bonds is 6. The van der Waals surface area contributed by atoms with E-state index in [-0.39, 0.29) is 0 Å². The van der Waals surface area contributed by atoms with Crippen molar-refractivity contribution in [3.63, 3.8) is 0 Å². The molecule has 0 bridgehead atoms. The van der Waals surface area contributed by atoms with E-state index in [4.69, 9.17) is 0 Å². The third-order valence-corrected chi connectivity index (χ3v) is 2.87. The van der Waals surface area contributed by atoms with Crippen molar-refractivity contribution in [2.24, 2.45) is 5.92 Å². The zero-order chi connectivity index (χ0) is 10.2. The largest absolute Gasteiger partial charge is 0.0651 e. The Labute approximate surface area is 88.4 Å². The Morgan fingerprint density at radius 1 is 1.14 bits per heavy atom. The molecule has 1 aromatic rings. The van der Waals surface area contributed by atoms with Gasteiger partial charge in [-0.15, -0.1) is 0 Å². The summed E-state index contributed by atoms with van der Waals surface area (Å²) in [6, 6.07) is 10.8. The quantitative estimate of drug-likeness (QED) is 0.627. The molecule has 1 rings (SSSR count). The molecule has 0 N–H and O–H groups in total. The second-order valence-electron chi connectivity index (χ2n) is 3.94. The first-order valence-electron chi connectivity index (χ1n) is 5.70. The fourth-order valence-corrected chi connectivity index (χ4v) is 1.86. The van der Waals surface area contributed by atoms with Gasteiger partial charge in [0.25, 0.3) is 0 Å². The molecule has 0 spiro atoms. The summed E-state index contributed by atoms with van der Waals surface area (Å²) in [7, 11) is 0. The molecule has 0 heterocycles.